The van der Waals surface area contributed by atoms with Crippen molar-refractivity contribution in [1.29, 1.82) is 0 Å². The van der Waals surface area contributed by atoms with E-state index in [2.05, 4.69) is 50.4 Å². The SMILES string of the molecule is CC\C=C/C=C/C=C/C=C\C=C\C=C\CCCCCC(=O)NC(COP(=O)(O)OCC[N+](C)(C)C)C(/C=C/CCCCCCCCCCCCC)OC(=O)CCCCCCCCC/C=C/CCCCCCCC. The third kappa shape index (κ3) is 53.6. The standard InChI is InChI=1S/C63H111N2O7P/c1-7-10-13-16-19-22-25-28-30-32-34-37-40-43-46-49-52-55-62(66)64-60(59-71-73(68,69)70-58-57-65(4,5)6)61(54-51-48-45-42-39-36-27-24-21-18-15-12-9-3)72-63(67)56-53-50-47-44-41-38-35-33-31-29-26-23-20-17-14-11-8-2/h10,13,16,19,22,25,28-32,34,37,40,51,54,60-61H,7-9,11-12,14-15,17-18,20-21,23-24,26-27,33,35-36,38-39,41-50,52-53,55-59H2,1-6H3,(H-,64,66,68,69)/p+1/b13-10-,19-16+,25-22+,30-28-,31-29+,34-32+,40-37+,54-51+. The zero-order valence-electron chi connectivity index (χ0n) is 47.8. The number of amides is 1. The number of nitrogens with zero attached hydrogens (tertiary/aromatic N) is 1. The van der Waals surface area contributed by atoms with Gasteiger partial charge in [0.05, 0.1) is 33.8 Å². The minimum Gasteiger partial charge on any atom is -0.456 e. The van der Waals surface area contributed by atoms with Crippen molar-refractivity contribution in [3.63, 3.8) is 0 Å². The van der Waals surface area contributed by atoms with Crippen molar-refractivity contribution in [2.45, 2.75) is 251 Å². The van der Waals surface area contributed by atoms with Crippen LogP contribution in [0.15, 0.2) is 97.2 Å². The second-order valence-electron chi connectivity index (χ2n) is 20.9. The van der Waals surface area contributed by atoms with E-state index in [9.17, 15) is 19.0 Å². The molecule has 0 radical (unpaired) electrons. The van der Waals surface area contributed by atoms with Crippen LogP contribution < -0.4 is 5.32 Å². The van der Waals surface area contributed by atoms with E-state index in [-0.39, 0.29) is 37.9 Å². The quantitative estimate of drug-likeness (QED) is 0.0156. The van der Waals surface area contributed by atoms with Gasteiger partial charge in [-0.15, -0.1) is 0 Å². The van der Waals surface area contributed by atoms with E-state index in [0.717, 1.165) is 77.0 Å². The number of unbranched alkanes of at least 4 members (excludes halogenated alkanes) is 27. The Morgan fingerprint density at radius 3 is 1.37 bits per heavy atom. The van der Waals surface area contributed by atoms with Gasteiger partial charge in [-0.2, -0.15) is 0 Å². The number of esters is 1. The van der Waals surface area contributed by atoms with Crippen molar-refractivity contribution in [2.75, 3.05) is 40.9 Å². The van der Waals surface area contributed by atoms with Crippen molar-refractivity contribution in [3.05, 3.63) is 97.2 Å². The number of carbonyl (C=O) groups is 2. The van der Waals surface area contributed by atoms with Crippen LogP contribution in [0.5, 0.6) is 0 Å². The number of rotatable bonds is 52. The van der Waals surface area contributed by atoms with E-state index < -0.39 is 20.0 Å². The number of hydrogen-bond acceptors (Lipinski definition) is 6. The van der Waals surface area contributed by atoms with E-state index in [1.807, 2.05) is 94.1 Å². The summed E-state index contributed by atoms with van der Waals surface area (Å²) >= 11 is 0. The summed E-state index contributed by atoms with van der Waals surface area (Å²) < 4.78 is 30.6. The van der Waals surface area contributed by atoms with Gasteiger partial charge in [0, 0.05) is 12.8 Å². The Morgan fingerprint density at radius 1 is 0.493 bits per heavy atom. The van der Waals surface area contributed by atoms with Crippen LogP contribution in [0, 0.1) is 0 Å². The molecule has 0 bridgehead atoms. The minimum atomic E-state index is -4.47. The summed E-state index contributed by atoms with van der Waals surface area (Å²) in [5.74, 6) is -0.564. The Bertz CT molecular complexity index is 1570. The molecule has 0 saturated heterocycles. The van der Waals surface area contributed by atoms with Crippen molar-refractivity contribution in [3.8, 4) is 0 Å². The predicted molar refractivity (Wildman–Crippen MR) is 314 cm³/mol. The molecule has 0 aromatic rings. The van der Waals surface area contributed by atoms with E-state index >= 15 is 0 Å². The van der Waals surface area contributed by atoms with Crippen molar-refractivity contribution in [1.82, 2.24) is 5.32 Å². The molecule has 9 nitrogen and oxygen atoms in total. The smallest absolute Gasteiger partial charge is 0.456 e. The largest absolute Gasteiger partial charge is 0.472 e. The summed E-state index contributed by atoms with van der Waals surface area (Å²) in [6.45, 7) is 6.82. The lowest BCUT2D eigenvalue weighted by Gasteiger charge is -2.27. The third-order valence-electron chi connectivity index (χ3n) is 12.7. The molecule has 73 heavy (non-hydrogen) atoms. The number of allylic oxidation sites excluding steroid dienone is 15. The topological polar surface area (TPSA) is 111 Å². The second-order valence-corrected chi connectivity index (χ2v) is 22.4. The first-order valence-electron chi connectivity index (χ1n) is 29.6. The molecule has 10 heteroatoms. The number of nitrogens with one attached hydrogen (secondary N) is 1. The average molecular weight is 1040 g/mol. The van der Waals surface area contributed by atoms with E-state index in [1.165, 1.54) is 122 Å². The van der Waals surface area contributed by atoms with Crippen LogP contribution in [-0.4, -0.2) is 74.3 Å². The molecule has 0 aliphatic rings. The van der Waals surface area contributed by atoms with Crippen LogP contribution in [0.4, 0.5) is 0 Å². The van der Waals surface area contributed by atoms with E-state index in [0.29, 0.717) is 17.4 Å². The summed E-state index contributed by atoms with van der Waals surface area (Å²) in [7, 11) is 1.45. The fourth-order valence-electron chi connectivity index (χ4n) is 8.08. The fraction of sp³-hybridized carbons (Fsp3) is 0.714. The zero-order chi connectivity index (χ0) is 53.6. The molecule has 3 atom stereocenters. The van der Waals surface area contributed by atoms with Gasteiger partial charge in [0.15, 0.2) is 0 Å². The fourth-order valence-corrected chi connectivity index (χ4v) is 8.82. The van der Waals surface area contributed by atoms with Crippen LogP contribution >= 0.6 is 7.82 Å². The van der Waals surface area contributed by atoms with Gasteiger partial charge in [0.2, 0.25) is 5.91 Å². The van der Waals surface area contributed by atoms with Crippen LogP contribution in [0.25, 0.3) is 0 Å². The van der Waals surface area contributed by atoms with Gasteiger partial charge >= 0.3 is 13.8 Å². The van der Waals surface area contributed by atoms with Crippen molar-refractivity contribution in [2.24, 2.45) is 0 Å². The van der Waals surface area contributed by atoms with Crippen LogP contribution in [-0.2, 0) is 27.9 Å². The lowest BCUT2D eigenvalue weighted by molar-refractivity contribution is -0.870. The molecule has 0 aromatic carbocycles. The molecule has 0 spiro atoms. The normalized spacial score (nSPS) is 14.5. The third-order valence-corrected chi connectivity index (χ3v) is 13.7. The maximum Gasteiger partial charge on any atom is 0.472 e. The molecular formula is C63H112N2O7P+. The summed E-state index contributed by atoms with van der Waals surface area (Å²) in [5.41, 5.74) is 0. The zero-order valence-corrected chi connectivity index (χ0v) is 48.7. The van der Waals surface area contributed by atoms with Gasteiger partial charge in [-0.25, -0.2) is 4.57 Å². The van der Waals surface area contributed by atoms with Gasteiger partial charge in [-0.3, -0.25) is 18.6 Å². The lowest BCUT2D eigenvalue weighted by atomic mass is 10.0. The first-order chi connectivity index (χ1) is 35.4. The van der Waals surface area contributed by atoms with Crippen LogP contribution in [0.3, 0.4) is 0 Å². The first kappa shape index (κ1) is 69.9. The number of ether oxygens (including phenoxy) is 1. The molecular weight excluding hydrogens is 928 g/mol. The highest BCUT2D eigenvalue weighted by atomic mass is 31.2. The second kappa shape index (κ2) is 52.4. The Morgan fingerprint density at radius 2 is 0.890 bits per heavy atom. The summed E-state index contributed by atoms with van der Waals surface area (Å²) in [6, 6.07) is -0.878. The molecule has 0 heterocycles. The Hall–Kier alpha value is -3.07. The number of likely N-dealkylation sites (N-methyl/N-ethyl adjacent to an activating group) is 1. The van der Waals surface area contributed by atoms with Gasteiger partial charge in [0.25, 0.3) is 0 Å². The summed E-state index contributed by atoms with van der Waals surface area (Å²) in [4.78, 5) is 37.6. The molecule has 3 unspecified atom stereocenters. The number of phosphoric ester groups is 1. The molecule has 1 amide bonds. The van der Waals surface area contributed by atoms with Crippen LogP contribution in [0.1, 0.15) is 239 Å². The highest BCUT2D eigenvalue weighted by Gasteiger charge is 2.30. The average Bonchev–Trinajstić information content (AvgIpc) is 3.35. The molecule has 420 valence electrons. The van der Waals surface area contributed by atoms with Gasteiger partial charge in [0.1, 0.15) is 19.3 Å². The molecule has 0 aliphatic heterocycles. The van der Waals surface area contributed by atoms with Gasteiger partial charge in [-0.05, 0) is 76.7 Å². The van der Waals surface area contributed by atoms with Crippen molar-refractivity contribution >= 4 is 19.7 Å². The van der Waals surface area contributed by atoms with E-state index in [1.54, 1.807) is 0 Å². The molecule has 0 fully saturated rings. The minimum absolute atomic E-state index is 0.0258. The summed E-state index contributed by atoms with van der Waals surface area (Å²) in [5, 5.41) is 3.02. The molecule has 0 rings (SSSR count). The first-order valence-corrected chi connectivity index (χ1v) is 31.1. The highest BCUT2D eigenvalue weighted by Crippen LogP contribution is 2.43. The number of carbonyl (C=O) groups excluding carboxylic acids is 2. The van der Waals surface area contributed by atoms with Gasteiger partial charge < -0.3 is 19.4 Å². The van der Waals surface area contributed by atoms with Gasteiger partial charge in [-0.1, -0.05) is 247 Å². The molecule has 0 saturated carbocycles. The Balaban J connectivity index is 5.45. The monoisotopic (exact) mass is 1040 g/mol. The number of hydrogen-bond donors (Lipinski definition) is 2. The number of quaternary nitrogens is 1. The van der Waals surface area contributed by atoms with Crippen molar-refractivity contribution < 1.29 is 37.3 Å². The maximum absolute atomic E-state index is 13.5. The molecule has 0 aliphatic carbocycles. The Labute approximate surface area is 449 Å². The number of phosphoric acid groups is 1. The lowest BCUT2D eigenvalue weighted by Crippen LogP contribution is -2.47. The molecule has 0 aromatic heterocycles. The van der Waals surface area contributed by atoms with Crippen LogP contribution in [0.2, 0.25) is 0 Å². The van der Waals surface area contributed by atoms with E-state index in [4.69, 9.17) is 13.8 Å². The predicted octanol–water partition coefficient (Wildman–Crippen LogP) is 18.0. The highest BCUT2D eigenvalue weighted by molar-refractivity contribution is 7.47. The Kier molecular flexibility index (Phi) is 50.2. The molecule has 2 N–H and O–H groups in total. The maximum atomic E-state index is 13.5. The summed E-state index contributed by atoms with van der Waals surface area (Å²) in [6.07, 6.45) is 69.7.